The highest BCUT2D eigenvalue weighted by molar-refractivity contribution is 7.15. The van der Waals surface area contributed by atoms with Crippen LogP contribution >= 0.6 is 11.3 Å². The molecule has 0 unspecified atom stereocenters. The third-order valence-corrected chi connectivity index (χ3v) is 5.49. The van der Waals surface area contributed by atoms with Gasteiger partial charge in [0.05, 0.1) is 12.2 Å². The van der Waals surface area contributed by atoms with Crippen LogP contribution in [0.3, 0.4) is 0 Å². The van der Waals surface area contributed by atoms with Gasteiger partial charge in [0.25, 0.3) is 5.91 Å². The number of H-pyrrole nitrogens is 1. The number of aromatic nitrogens is 2. The maximum Gasteiger partial charge on any atom is 0.321 e. The van der Waals surface area contributed by atoms with Gasteiger partial charge < -0.3 is 15.2 Å². The van der Waals surface area contributed by atoms with Crippen LogP contribution in [0.5, 0.6) is 0 Å². The number of aromatic amines is 1. The van der Waals surface area contributed by atoms with Crippen LogP contribution in [0.2, 0.25) is 0 Å². The molecule has 4 rings (SSSR count). The average molecular weight is 398 g/mol. The van der Waals surface area contributed by atoms with Crippen molar-refractivity contribution in [1.82, 2.24) is 20.2 Å². The molecule has 3 N–H and O–H groups in total. The van der Waals surface area contributed by atoms with Gasteiger partial charge in [0.1, 0.15) is 5.69 Å². The first-order chi connectivity index (χ1) is 13.3. The predicted molar refractivity (Wildman–Crippen MR) is 111 cm³/mol. The molecular weight excluding hydrogens is 374 g/mol. The number of nitrogens with zero attached hydrogens (tertiary/aromatic N) is 2. The van der Waals surface area contributed by atoms with Gasteiger partial charge in [-0.15, -0.1) is 0 Å². The van der Waals surface area contributed by atoms with E-state index >= 15 is 0 Å². The minimum atomic E-state index is -0.316. The number of urea groups is 1. The molecule has 3 aromatic rings. The Morgan fingerprint density at radius 2 is 2.04 bits per heavy atom. The van der Waals surface area contributed by atoms with E-state index in [1.165, 1.54) is 11.3 Å². The summed E-state index contributed by atoms with van der Waals surface area (Å²) in [7, 11) is 0. The molecule has 3 heterocycles. The lowest BCUT2D eigenvalue weighted by molar-refractivity contribution is 0.0731. The molecule has 8 heteroatoms. The van der Waals surface area contributed by atoms with Gasteiger partial charge >= 0.3 is 6.03 Å². The van der Waals surface area contributed by atoms with Crippen LogP contribution in [0.1, 0.15) is 41.8 Å². The van der Waals surface area contributed by atoms with Gasteiger partial charge in [-0.3, -0.25) is 10.1 Å². The Labute approximate surface area is 167 Å². The van der Waals surface area contributed by atoms with E-state index in [9.17, 15) is 9.59 Å². The van der Waals surface area contributed by atoms with Crippen molar-refractivity contribution in [1.29, 1.82) is 0 Å². The van der Waals surface area contributed by atoms with E-state index in [-0.39, 0.29) is 17.5 Å². The van der Waals surface area contributed by atoms with Crippen LogP contribution < -0.4 is 10.6 Å². The van der Waals surface area contributed by atoms with Gasteiger partial charge in [0.15, 0.2) is 5.13 Å². The van der Waals surface area contributed by atoms with Crippen LogP contribution in [0.25, 0.3) is 10.9 Å². The zero-order valence-corrected chi connectivity index (χ0v) is 16.9. The summed E-state index contributed by atoms with van der Waals surface area (Å²) in [5, 5.41) is 7.24. The Balaban J connectivity index is 1.46. The molecule has 0 fully saturated rings. The van der Waals surface area contributed by atoms with Crippen LogP contribution in [-0.4, -0.2) is 38.9 Å². The summed E-state index contributed by atoms with van der Waals surface area (Å²) in [5.74, 6) is -0.0183. The third-order valence-electron chi connectivity index (χ3n) is 4.49. The number of hydrogen-bond donors (Lipinski definition) is 3. The fraction of sp³-hybridized carbons (Fsp3) is 0.350. The maximum absolute atomic E-state index is 12.9. The number of carbonyl (C=O) groups is 2. The molecule has 1 aliphatic rings. The second-order valence-corrected chi connectivity index (χ2v) is 9.05. The summed E-state index contributed by atoms with van der Waals surface area (Å²) < 4.78 is 0. The molecule has 0 aliphatic carbocycles. The summed E-state index contributed by atoms with van der Waals surface area (Å²) in [6, 6.07) is 9.47. The predicted octanol–water partition coefficient (Wildman–Crippen LogP) is 3.74. The van der Waals surface area contributed by atoms with Gasteiger partial charge in [0, 0.05) is 34.3 Å². The Morgan fingerprint density at radius 1 is 1.25 bits per heavy atom. The van der Waals surface area contributed by atoms with Gasteiger partial charge in [-0.05, 0) is 32.9 Å². The van der Waals surface area contributed by atoms with Crippen molar-refractivity contribution < 1.29 is 9.59 Å². The minimum Gasteiger partial charge on any atom is -0.351 e. The minimum absolute atomic E-state index is 0.0183. The summed E-state index contributed by atoms with van der Waals surface area (Å²) in [5.41, 5.74) is 2.19. The van der Waals surface area contributed by atoms with E-state index in [1.807, 2.05) is 56.0 Å². The van der Waals surface area contributed by atoms with Crippen molar-refractivity contribution in [2.24, 2.45) is 0 Å². The highest BCUT2D eigenvalue weighted by Gasteiger charge is 2.26. The fourth-order valence-corrected chi connectivity index (χ4v) is 4.27. The first kappa shape index (κ1) is 18.5. The number of hydrogen-bond acceptors (Lipinski definition) is 4. The van der Waals surface area contributed by atoms with Gasteiger partial charge in [-0.2, -0.15) is 0 Å². The molecule has 0 saturated carbocycles. The smallest absolute Gasteiger partial charge is 0.321 e. The number of carbonyl (C=O) groups excluding carboxylic acids is 2. The molecule has 2 aromatic heterocycles. The maximum atomic E-state index is 12.9. The van der Waals surface area contributed by atoms with E-state index in [0.29, 0.717) is 30.3 Å². The van der Waals surface area contributed by atoms with Crippen molar-refractivity contribution in [3.05, 3.63) is 46.6 Å². The first-order valence-corrected chi connectivity index (χ1v) is 10.0. The molecule has 0 radical (unpaired) electrons. The summed E-state index contributed by atoms with van der Waals surface area (Å²) in [6.45, 7) is 6.88. The fourth-order valence-electron chi connectivity index (χ4n) is 3.25. The lowest BCUT2D eigenvalue weighted by atomic mass is 10.1. The Hall–Kier alpha value is -2.87. The molecule has 1 aromatic carbocycles. The lowest BCUT2D eigenvalue weighted by Gasteiger charge is -2.25. The summed E-state index contributed by atoms with van der Waals surface area (Å²) >= 11 is 1.42. The van der Waals surface area contributed by atoms with Gasteiger partial charge in [0.2, 0.25) is 0 Å². The SMILES string of the molecule is CC(C)(C)NC(=O)Nc1nc2c(s1)CN(C(=O)c1cc3ccccc3[nH]1)CC2. The molecular formula is C20H23N5O2S. The first-order valence-electron chi connectivity index (χ1n) is 9.23. The highest BCUT2D eigenvalue weighted by Crippen LogP contribution is 2.29. The molecule has 0 saturated heterocycles. The van der Waals surface area contributed by atoms with Crippen molar-refractivity contribution in [2.75, 3.05) is 11.9 Å². The molecule has 3 amide bonds. The van der Waals surface area contributed by atoms with E-state index in [1.54, 1.807) is 0 Å². The largest absolute Gasteiger partial charge is 0.351 e. The molecule has 0 bridgehead atoms. The molecule has 0 atom stereocenters. The molecule has 1 aliphatic heterocycles. The third kappa shape index (κ3) is 3.87. The van der Waals surface area contributed by atoms with Crippen LogP contribution in [-0.2, 0) is 13.0 Å². The zero-order chi connectivity index (χ0) is 19.9. The van der Waals surface area contributed by atoms with Crippen molar-refractivity contribution in [2.45, 2.75) is 39.3 Å². The molecule has 7 nitrogen and oxygen atoms in total. The Morgan fingerprint density at radius 3 is 2.79 bits per heavy atom. The lowest BCUT2D eigenvalue weighted by Crippen LogP contribution is -2.43. The highest BCUT2D eigenvalue weighted by atomic mass is 32.1. The standard InChI is InChI=1S/C20H23N5O2S/c1-20(2,3)24-18(27)23-19-22-14-8-9-25(11-16(14)28-19)17(26)15-10-12-6-4-5-7-13(12)21-15/h4-7,10,21H,8-9,11H2,1-3H3,(H2,22,23,24,27). The van der Waals surface area contributed by atoms with E-state index in [4.69, 9.17) is 0 Å². The second-order valence-electron chi connectivity index (χ2n) is 7.96. The normalized spacial score (nSPS) is 14.0. The number of para-hydroxylation sites is 1. The summed E-state index contributed by atoms with van der Waals surface area (Å²) in [6.07, 6.45) is 0.681. The Bertz CT molecular complexity index is 1010. The zero-order valence-electron chi connectivity index (χ0n) is 16.1. The van der Waals surface area contributed by atoms with E-state index in [0.717, 1.165) is 21.5 Å². The number of fused-ring (bicyclic) bond motifs is 2. The monoisotopic (exact) mass is 397 g/mol. The van der Waals surface area contributed by atoms with E-state index < -0.39 is 0 Å². The van der Waals surface area contributed by atoms with Gasteiger partial charge in [-0.25, -0.2) is 9.78 Å². The molecule has 146 valence electrons. The number of nitrogens with one attached hydrogen (secondary N) is 3. The quantitative estimate of drug-likeness (QED) is 0.615. The Kier molecular flexibility index (Phi) is 4.58. The number of anilines is 1. The van der Waals surface area contributed by atoms with Crippen LogP contribution in [0.4, 0.5) is 9.93 Å². The van der Waals surface area contributed by atoms with Crippen molar-refractivity contribution in [3.8, 4) is 0 Å². The average Bonchev–Trinajstić information content (AvgIpc) is 3.21. The van der Waals surface area contributed by atoms with E-state index in [2.05, 4.69) is 20.6 Å². The van der Waals surface area contributed by atoms with Crippen molar-refractivity contribution in [3.63, 3.8) is 0 Å². The van der Waals surface area contributed by atoms with Crippen LogP contribution in [0, 0.1) is 0 Å². The number of thiazole rings is 1. The molecule has 0 spiro atoms. The number of amides is 3. The number of rotatable bonds is 2. The van der Waals surface area contributed by atoms with Crippen LogP contribution in [0.15, 0.2) is 30.3 Å². The summed E-state index contributed by atoms with van der Waals surface area (Å²) in [4.78, 5) is 35.5. The second kappa shape index (κ2) is 6.94. The van der Waals surface area contributed by atoms with Gasteiger partial charge in [-0.1, -0.05) is 29.5 Å². The van der Waals surface area contributed by atoms with Crippen molar-refractivity contribution >= 4 is 39.3 Å². The molecule has 28 heavy (non-hydrogen) atoms. The topological polar surface area (TPSA) is 90.1 Å². The number of benzene rings is 1.